The molecule has 2 saturated heterocycles. The lowest BCUT2D eigenvalue weighted by Crippen LogP contribution is -2.41. The van der Waals surface area contributed by atoms with Crippen LogP contribution in [0.1, 0.15) is 24.3 Å². The fourth-order valence-corrected chi connectivity index (χ4v) is 5.48. The molecule has 1 unspecified atom stereocenters. The van der Waals surface area contributed by atoms with Crippen molar-refractivity contribution in [1.29, 1.82) is 0 Å². The van der Waals surface area contributed by atoms with Gasteiger partial charge in [-0.3, -0.25) is 0 Å². The van der Waals surface area contributed by atoms with Crippen LogP contribution >= 0.6 is 11.6 Å². The third-order valence-corrected chi connectivity index (χ3v) is 7.27. The second-order valence-corrected chi connectivity index (χ2v) is 9.23. The quantitative estimate of drug-likeness (QED) is 0.743. The van der Waals surface area contributed by atoms with Gasteiger partial charge in [-0.1, -0.05) is 11.6 Å². The Kier molecular flexibility index (Phi) is 5.76. The Balaban J connectivity index is 1.26. The number of nitrogens with zero attached hydrogens (tertiary/aromatic N) is 3. The Labute approximate surface area is 187 Å². The maximum absolute atomic E-state index is 13.4. The highest BCUT2D eigenvalue weighted by molar-refractivity contribution is 6.30. The normalized spacial score (nSPS) is 22.1. The fourth-order valence-electron chi connectivity index (χ4n) is 5.30. The molecule has 1 N–H and O–H groups in total. The summed E-state index contributed by atoms with van der Waals surface area (Å²) in [4.78, 5) is 18.4. The molecule has 2 aromatic carbocycles. The van der Waals surface area contributed by atoms with Gasteiger partial charge >= 0.3 is 6.03 Å². The third-order valence-electron chi connectivity index (χ3n) is 7.03. The summed E-state index contributed by atoms with van der Waals surface area (Å²) in [5, 5.41) is 3.64. The average Bonchev–Trinajstić information content (AvgIpc) is 3.36. The van der Waals surface area contributed by atoms with Gasteiger partial charge in [0, 0.05) is 55.0 Å². The number of benzene rings is 2. The van der Waals surface area contributed by atoms with Crippen LogP contribution in [0.25, 0.3) is 0 Å². The summed E-state index contributed by atoms with van der Waals surface area (Å²) in [6.45, 7) is 6.33. The molecule has 3 aliphatic heterocycles. The highest BCUT2D eigenvalue weighted by Crippen LogP contribution is 2.47. The minimum atomic E-state index is -0.213. The van der Waals surface area contributed by atoms with E-state index in [9.17, 15) is 9.18 Å². The predicted molar refractivity (Wildman–Crippen MR) is 122 cm³/mol. The van der Waals surface area contributed by atoms with Crippen LogP contribution in [-0.2, 0) is 0 Å². The average molecular weight is 443 g/mol. The van der Waals surface area contributed by atoms with Gasteiger partial charge in [-0.05, 0) is 79.9 Å². The Morgan fingerprint density at radius 3 is 2.52 bits per heavy atom. The molecule has 0 aromatic heterocycles. The summed E-state index contributed by atoms with van der Waals surface area (Å²) in [6, 6.07) is 13.0. The van der Waals surface area contributed by atoms with Gasteiger partial charge in [0.25, 0.3) is 0 Å². The van der Waals surface area contributed by atoms with Crippen molar-refractivity contribution >= 4 is 29.0 Å². The summed E-state index contributed by atoms with van der Waals surface area (Å²) in [6.07, 6.45) is 2.28. The number of amides is 2. The van der Waals surface area contributed by atoms with E-state index in [-0.39, 0.29) is 11.8 Å². The molecule has 2 fully saturated rings. The number of hydrogen-bond donors (Lipinski definition) is 1. The summed E-state index contributed by atoms with van der Waals surface area (Å²) in [5.74, 6) is 0.800. The summed E-state index contributed by atoms with van der Waals surface area (Å²) >= 11 is 6.37. The number of piperidine rings is 1. The van der Waals surface area contributed by atoms with E-state index in [1.54, 1.807) is 0 Å². The van der Waals surface area contributed by atoms with E-state index in [1.807, 2.05) is 23.1 Å². The first kappa shape index (κ1) is 20.6. The second-order valence-electron chi connectivity index (χ2n) is 8.79. The number of anilines is 2. The van der Waals surface area contributed by atoms with Crippen LogP contribution in [0, 0.1) is 11.7 Å². The van der Waals surface area contributed by atoms with Gasteiger partial charge in [0.1, 0.15) is 5.82 Å². The van der Waals surface area contributed by atoms with Crippen molar-refractivity contribution in [3.8, 4) is 0 Å². The molecule has 7 heteroatoms. The summed E-state index contributed by atoms with van der Waals surface area (Å²) < 4.78 is 13.4. The zero-order chi connectivity index (χ0) is 21.4. The van der Waals surface area contributed by atoms with Gasteiger partial charge in [-0.15, -0.1) is 0 Å². The molecular formula is C24H28ClFN4O. The highest BCUT2D eigenvalue weighted by Gasteiger charge is 2.36. The number of urea groups is 1. The molecule has 0 spiro atoms. The van der Waals surface area contributed by atoms with Gasteiger partial charge < -0.3 is 20.0 Å². The molecule has 0 radical (unpaired) electrons. The predicted octanol–water partition coefficient (Wildman–Crippen LogP) is 4.45. The maximum atomic E-state index is 13.4. The van der Waals surface area contributed by atoms with Crippen molar-refractivity contribution in [2.45, 2.75) is 18.8 Å². The molecule has 5 nitrogen and oxygen atoms in total. The van der Waals surface area contributed by atoms with Gasteiger partial charge in [0.05, 0.1) is 0 Å². The fraction of sp³-hybridized carbons (Fsp3) is 0.458. The van der Waals surface area contributed by atoms with E-state index in [0.717, 1.165) is 69.4 Å². The van der Waals surface area contributed by atoms with Crippen molar-refractivity contribution in [2.24, 2.45) is 5.92 Å². The van der Waals surface area contributed by atoms with Crippen LogP contribution in [0.2, 0.25) is 5.02 Å². The number of carbonyl (C=O) groups is 1. The van der Waals surface area contributed by atoms with Crippen molar-refractivity contribution in [1.82, 2.24) is 15.1 Å². The standard InChI is InChI=1S/C24H28ClFN4O/c25-18-1-6-23-21(15-18)22(16-30(23)20-4-2-19(26)3-5-20)17-7-10-28(11-8-17)13-14-29-12-9-27-24(29)31/h1-6,15,17,22H,7-14,16H2,(H,27,31). The molecular weight excluding hydrogens is 415 g/mol. The SMILES string of the molecule is O=C1NCCN1CCN1CCC(C2CN(c3ccc(F)cc3)c3ccc(Cl)cc32)CC1. The lowest BCUT2D eigenvalue weighted by molar-refractivity contribution is 0.155. The van der Waals surface area contributed by atoms with Crippen LogP contribution in [0.15, 0.2) is 42.5 Å². The first-order chi connectivity index (χ1) is 15.1. The number of halogens is 2. The van der Waals surface area contributed by atoms with Crippen molar-refractivity contribution in [3.63, 3.8) is 0 Å². The number of hydrogen-bond acceptors (Lipinski definition) is 3. The minimum absolute atomic E-state index is 0.0650. The third kappa shape index (κ3) is 4.23. The minimum Gasteiger partial charge on any atom is -0.341 e. The monoisotopic (exact) mass is 442 g/mol. The lowest BCUT2D eigenvalue weighted by Gasteiger charge is -2.35. The summed E-state index contributed by atoms with van der Waals surface area (Å²) in [7, 11) is 0. The smallest absolute Gasteiger partial charge is 0.317 e. The number of rotatable bonds is 5. The van der Waals surface area contributed by atoms with E-state index in [0.29, 0.717) is 11.8 Å². The lowest BCUT2D eigenvalue weighted by atomic mass is 9.81. The van der Waals surface area contributed by atoms with Gasteiger partial charge in [0.2, 0.25) is 0 Å². The molecule has 0 saturated carbocycles. The second kappa shape index (κ2) is 8.67. The van der Waals surface area contributed by atoms with Crippen molar-refractivity contribution in [3.05, 3.63) is 58.9 Å². The van der Waals surface area contributed by atoms with Crippen LogP contribution in [0.3, 0.4) is 0 Å². The Bertz CT molecular complexity index is 945. The number of fused-ring (bicyclic) bond motifs is 1. The molecule has 0 bridgehead atoms. The molecule has 164 valence electrons. The Morgan fingerprint density at radius 1 is 1.03 bits per heavy atom. The van der Waals surface area contributed by atoms with Crippen molar-refractivity contribution in [2.75, 3.05) is 50.7 Å². The van der Waals surface area contributed by atoms with E-state index >= 15 is 0 Å². The van der Waals surface area contributed by atoms with E-state index < -0.39 is 0 Å². The van der Waals surface area contributed by atoms with E-state index in [2.05, 4.69) is 27.2 Å². The molecule has 3 aliphatic rings. The van der Waals surface area contributed by atoms with Crippen LogP contribution in [0.4, 0.5) is 20.6 Å². The topological polar surface area (TPSA) is 38.8 Å². The molecule has 5 rings (SSSR count). The van der Waals surface area contributed by atoms with Crippen LogP contribution < -0.4 is 10.2 Å². The molecule has 31 heavy (non-hydrogen) atoms. The zero-order valence-electron chi connectivity index (χ0n) is 17.6. The Hall–Kier alpha value is -2.31. The molecule has 1 atom stereocenters. The van der Waals surface area contributed by atoms with Crippen molar-refractivity contribution < 1.29 is 9.18 Å². The number of carbonyl (C=O) groups excluding carboxylic acids is 1. The molecule has 3 heterocycles. The first-order valence-electron chi connectivity index (χ1n) is 11.2. The number of nitrogens with one attached hydrogen (secondary N) is 1. The molecule has 2 aromatic rings. The highest BCUT2D eigenvalue weighted by atomic mass is 35.5. The molecule has 0 aliphatic carbocycles. The Morgan fingerprint density at radius 2 is 1.81 bits per heavy atom. The van der Waals surface area contributed by atoms with Crippen LogP contribution in [-0.4, -0.2) is 61.6 Å². The first-order valence-corrected chi connectivity index (χ1v) is 11.5. The van der Waals surface area contributed by atoms with E-state index in [4.69, 9.17) is 11.6 Å². The number of likely N-dealkylation sites (tertiary alicyclic amines) is 1. The maximum Gasteiger partial charge on any atom is 0.317 e. The summed E-state index contributed by atoms with van der Waals surface area (Å²) in [5.41, 5.74) is 3.52. The largest absolute Gasteiger partial charge is 0.341 e. The van der Waals surface area contributed by atoms with Gasteiger partial charge in [-0.2, -0.15) is 0 Å². The van der Waals surface area contributed by atoms with E-state index in [1.165, 1.54) is 23.4 Å². The van der Waals surface area contributed by atoms with Gasteiger partial charge in [0.15, 0.2) is 0 Å². The van der Waals surface area contributed by atoms with Crippen LogP contribution in [0.5, 0.6) is 0 Å². The van der Waals surface area contributed by atoms with Gasteiger partial charge in [-0.25, -0.2) is 9.18 Å². The molecule has 2 amide bonds. The zero-order valence-corrected chi connectivity index (χ0v) is 18.3.